The lowest BCUT2D eigenvalue weighted by Crippen LogP contribution is -2.45. The van der Waals surface area contributed by atoms with E-state index in [1.807, 2.05) is 0 Å². The van der Waals surface area contributed by atoms with Crippen molar-refractivity contribution in [1.29, 1.82) is 0 Å². The van der Waals surface area contributed by atoms with Gasteiger partial charge in [0.25, 0.3) is 0 Å². The zero-order valence-electron chi connectivity index (χ0n) is 15.7. The second-order valence-electron chi connectivity index (χ2n) is 7.22. The molecule has 2 aromatic heterocycles. The lowest BCUT2D eigenvalue weighted by molar-refractivity contribution is -0.138. The minimum Gasteiger partial charge on any atom is -0.432 e. The van der Waals surface area contributed by atoms with Crippen LogP contribution in [0.5, 0.6) is 5.75 Å². The zero-order chi connectivity index (χ0) is 22.4. The molecule has 1 unspecified atom stereocenters. The highest BCUT2D eigenvalue weighted by molar-refractivity contribution is 6.30. The largest absolute Gasteiger partial charge is 0.432 e. The normalized spacial score (nSPS) is 23.3. The van der Waals surface area contributed by atoms with Crippen molar-refractivity contribution in [2.45, 2.75) is 43.8 Å². The first-order chi connectivity index (χ1) is 14.6. The van der Waals surface area contributed by atoms with Crippen LogP contribution in [0.2, 0.25) is 5.15 Å². The molecular weight excluding hydrogens is 449 g/mol. The maximum atomic E-state index is 13.0. The third-order valence-corrected chi connectivity index (χ3v) is 5.62. The second-order valence-corrected chi connectivity index (χ2v) is 7.58. The number of nitrogens with one attached hydrogen (secondary N) is 1. The molecule has 4 rings (SSSR count). The Kier molecular flexibility index (Phi) is 5.61. The predicted molar refractivity (Wildman–Crippen MR) is 97.7 cm³/mol. The highest BCUT2D eigenvalue weighted by atomic mass is 35.5. The fourth-order valence-electron chi connectivity index (χ4n) is 3.97. The van der Waals surface area contributed by atoms with Crippen molar-refractivity contribution in [3.05, 3.63) is 40.2 Å². The number of fused-ring (bicyclic) bond motifs is 2. The van der Waals surface area contributed by atoms with Crippen LogP contribution in [0.1, 0.15) is 29.5 Å². The van der Waals surface area contributed by atoms with E-state index >= 15 is 0 Å². The molecule has 1 spiro atoms. The van der Waals surface area contributed by atoms with Gasteiger partial charge < -0.3 is 9.47 Å². The van der Waals surface area contributed by atoms with E-state index in [0.717, 1.165) is 6.42 Å². The van der Waals surface area contributed by atoms with Crippen LogP contribution in [0.25, 0.3) is 11.4 Å². The molecule has 1 aliphatic heterocycles. The molecule has 0 radical (unpaired) electrons. The van der Waals surface area contributed by atoms with Crippen LogP contribution in [0.15, 0.2) is 18.3 Å². The monoisotopic (exact) mass is 463 g/mol. The zero-order valence-corrected chi connectivity index (χ0v) is 16.4. The Bertz CT molecular complexity index is 1020. The number of pyridine rings is 2. The number of hydrogen-bond acceptors (Lipinski definition) is 6. The van der Waals surface area contributed by atoms with Crippen LogP contribution in [0.3, 0.4) is 0 Å². The van der Waals surface area contributed by atoms with E-state index in [1.165, 1.54) is 6.07 Å². The molecule has 166 valence electrons. The minimum absolute atomic E-state index is 0.0363. The minimum atomic E-state index is -4.80. The number of carbonyl (C=O) groups is 1. The summed E-state index contributed by atoms with van der Waals surface area (Å²) in [6.45, 7) is -3.22. The SMILES string of the molecule is O=CC1N[C@]2(CCCc3c2cc(-c2ncc(C(F)(F)F)cc2OC(F)F)nc3Cl)CO1. The van der Waals surface area contributed by atoms with Crippen LogP contribution in [0.4, 0.5) is 22.0 Å². The van der Waals surface area contributed by atoms with Gasteiger partial charge in [-0.25, -0.2) is 4.98 Å². The average molecular weight is 464 g/mol. The van der Waals surface area contributed by atoms with Gasteiger partial charge in [0.1, 0.15) is 10.8 Å². The van der Waals surface area contributed by atoms with Crippen LogP contribution < -0.4 is 10.1 Å². The van der Waals surface area contributed by atoms with Crippen molar-refractivity contribution in [3.63, 3.8) is 0 Å². The van der Waals surface area contributed by atoms with Crippen molar-refractivity contribution in [1.82, 2.24) is 15.3 Å². The van der Waals surface area contributed by atoms with Gasteiger partial charge in [-0.1, -0.05) is 11.6 Å². The van der Waals surface area contributed by atoms with Crippen molar-refractivity contribution in [2.24, 2.45) is 0 Å². The summed E-state index contributed by atoms with van der Waals surface area (Å²) >= 11 is 6.35. The molecule has 1 N–H and O–H groups in total. The number of alkyl halides is 5. The van der Waals surface area contributed by atoms with E-state index in [2.05, 4.69) is 20.0 Å². The first-order valence-corrected chi connectivity index (χ1v) is 9.58. The van der Waals surface area contributed by atoms with Gasteiger partial charge in [0, 0.05) is 6.20 Å². The summed E-state index contributed by atoms with van der Waals surface area (Å²) < 4.78 is 74.6. The highest BCUT2D eigenvalue weighted by Gasteiger charge is 2.45. The Balaban J connectivity index is 1.85. The Labute approximate surface area is 177 Å². The maximum absolute atomic E-state index is 13.0. The Hall–Kier alpha value is -2.37. The molecule has 6 nitrogen and oxygen atoms in total. The third kappa shape index (κ3) is 4.09. The van der Waals surface area contributed by atoms with Crippen molar-refractivity contribution < 1.29 is 36.2 Å². The standard InChI is InChI=1S/C19H15ClF5N3O3/c20-16-10-2-1-3-18(8-30-14(7-29)28-18)11(10)5-12(27-16)15-13(31-17(21)22)4-9(6-26-15)19(23,24)25/h4-7,14,17,28H,1-3,8H2/t14?,18-/m1/s1. The number of nitrogens with zero attached hydrogens (tertiary/aromatic N) is 2. The highest BCUT2D eigenvalue weighted by Crippen LogP contribution is 2.43. The summed E-state index contributed by atoms with van der Waals surface area (Å²) in [7, 11) is 0. The lowest BCUT2D eigenvalue weighted by atomic mass is 9.77. The summed E-state index contributed by atoms with van der Waals surface area (Å²) in [6.07, 6.45) is -2.60. The molecule has 3 heterocycles. The summed E-state index contributed by atoms with van der Waals surface area (Å²) in [5, 5.41) is 3.16. The molecule has 0 aromatic carbocycles. The first-order valence-electron chi connectivity index (χ1n) is 9.20. The summed E-state index contributed by atoms with van der Waals surface area (Å²) in [5.41, 5.74) is -1.05. The van der Waals surface area contributed by atoms with E-state index in [1.54, 1.807) is 0 Å². The van der Waals surface area contributed by atoms with Crippen LogP contribution in [0, 0.1) is 0 Å². The molecular formula is C19H15ClF5N3O3. The maximum Gasteiger partial charge on any atom is 0.418 e. The first kappa shape index (κ1) is 21.8. The van der Waals surface area contributed by atoms with E-state index in [-0.39, 0.29) is 23.1 Å². The molecule has 2 aliphatic rings. The third-order valence-electron chi connectivity index (χ3n) is 5.31. The number of carbonyl (C=O) groups excluding carboxylic acids is 1. The fourth-order valence-corrected chi connectivity index (χ4v) is 4.25. The number of ether oxygens (including phenoxy) is 2. The van der Waals surface area contributed by atoms with E-state index in [4.69, 9.17) is 16.3 Å². The molecule has 2 atom stereocenters. The number of hydrogen-bond donors (Lipinski definition) is 1. The predicted octanol–water partition coefficient (Wildman–Crippen LogP) is 4.09. The van der Waals surface area contributed by atoms with Gasteiger partial charge in [0.2, 0.25) is 0 Å². The number of halogens is 6. The van der Waals surface area contributed by atoms with Crippen LogP contribution in [-0.4, -0.2) is 35.7 Å². The van der Waals surface area contributed by atoms with Crippen molar-refractivity contribution in [3.8, 4) is 17.1 Å². The molecule has 1 saturated heterocycles. The van der Waals surface area contributed by atoms with Gasteiger partial charge in [0.05, 0.1) is 23.4 Å². The molecule has 31 heavy (non-hydrogen) atoms. The van der Waals surface area contributed by atoms with Crippen LogP contribution >= 0.6 is 11.6 Å². The quantitative estimate of drug-likeness (QED) is 0.418. The number of rotatable bonds is 4. The Morgan fingerprint density at radius 3 is 2.77 bits per heavy atom. The van der Waals surface area contributed by atoms with E-state index in [9.17, 15) is 26.7 Å². The Morgan fingerprint density at radius 1 is 1.35 bits per heavy atom. The summed E-state index contributed by atoms with van der Waals surface area (Å²) in [6, 6.07) is 1.95. The van der Waals surface area contributed by atoms with E-state index in [0.29, 0.717) is 42.5 Å². The molecule has 0 bridgehead atoms. The average Bonchev–Trinajstić information content (AvgIpc) is 3.11. The Morgan fingerprint density at radius 2 is 2.13 bits per heavy atom. The number of aldehydes is 1. The molecule has 12 heteroatoms. The van der Waals surface area contributed by atoms with Gasteiger partial charge in [0.15, 0.2) is 18.3 Å². The molecule has 1 fully saturated rings. The summed E-state index contributed by atoms with van der Waals surface area (Å²) in [4.78, 5) is 19.0. The topological polar surface area (TPSA) is 73.3 Å². The van der Waals surface area contributed by atoms with E-state index < -0.39 is 35.9 Å². The fraction of sp³-hybridized carbons (Fsp3) is 0.421. The molecule has 2 aromatic rings. The summed E-state index contributed by atoms with van der Waals surface area (Å²) in [5.74, 6) is -0.778. The molecule has 0 amide bonds. The van der Waals surface area contributed by atoms with Gasteiger partial charge in [-0.15, -0.1) is 0 Å². The van der Waals surface area contributed by atoms with Gasteiger partial charge in [-0.05, 0) is 42.5 Å². The molecule has 1 aliphatic carbocycles. The number of aromatic nitrogens is 2. The van der Waals surface area contributed by atoms with Gasteiger partial charge in [-0.2, -0.15) is 22.0 Å². The van der Waals surface area contributed by atoms with Crippen molar-refractivity contribution in [2.75, 3.05) is 6.61 Å². The van der Waals surface area contributed by atoms with Crippen LogP contribution in [-0.2, 0) is 27.7 Å². The van der Waals surface area contributed by atoms with Crippen molar-refractivity contribution >= 4 is 17.9 Å². The molecule has 0 saturated carbocycles. The van der Waals surface area contributed by atoms with Gasteiger partial charge >= 0.3 is 12.8 Å². The lowest BCUT2D eigenvalue weighted by Gasteiger charge is -2.35. The smallest absolute Gasteiger partial charge is 0.418 e. The van der Waals surface area contributed by atoms with Gasteiger partial charge in [-0.3, -0.25) is 15.1 Å². The second kappa shape index (κ2) is 7.95.